The number of aryl methyl sites for hydroxylation is 2. The van der Waals surface area contributed by atoms with Crippen LogP contribution in [0.2, 0.25) is 0 Å². The van der Waals surface area contributed by atoms with E-state index < -0.39 is 0 Å². The van der Waals surface area contributed by atoms with Crippen LogP contribution in [0.1, 0.15) is 16.7 Å². The number of allylic oxidation sites excluding steroid dienone is 1. The smallest absolute Gasteiger partial charge is 0.277 e. The predicted molar refractivity (Wildman–Crippen MR) is 93.5 cm³/mol. The van der Waals surface area contributed by atoms with Gasteiger partial charge in [-0.2, -0.15) is 5.10 Å². The van der Waals surface area contributed by atoms with Gasteiger partial charge in [-0.15, -0.1) is 0 Å². The molecule has 4 heteroatoms. The third kappa shape index (κ3) is 5.79. The lowest BCUT2D eigenvalue weighted by atomic mass is 10.1. The molecular weight excluding hydrogens is 288 g/mol. The van der Waals surface area contributed by atoms with Gasteiger partial charge in [0.2, 0.25) is 0 Å². The Morgan fingerprint density at radius 2 is 1.96 bits per heavy atom. The van der Waals surface area contributed by atoms with E-state index in [4.69, 9.17) is 4.74 Å². The van der Waals surface area contributed by atoms with Crippen molar-refractivity contribution in [2.24, 2.45) is 5.10 Å². The van der Waals surface area contributed by atoms with Gasteiger partial charge in [-0.1, -0.05) is 54.1 Å². The van der Waals surface area contributed by atoms with E-state index in [0.717, 1.165) is 16.7 Å². The lowest BCUT2D eigenvalue weighted by Crippen LogP contribution is -2.24. The van der Waals surface area contributed by atoms with Gasteiger partial charge in [0, 0.05) is 6.21 Å². The van der Waals surface area contributed by atoms with E-state index in [0.29, 0.717) is 5.75 Å². The molecule has 0 spiro atoms. The van der Waals surface area contributed by atoms with Crippen LogP contribution in [0.5, 0.6) is 5.75 Å². The minimum absolute atomic E-state index is 0.0658. The summed E-state index contributed by atoms with van der Waals surface area (Å²) in [6.07, 6.45) is 5.20. The van der Waals surface area contributed by atoms with Crippen molar-refractivity contribution in [2.45, 2.75) is 13.8 Å². The summed E-state index contributed by atoms with van der Waals surface area (Å²) in [5, 5.41) is 3.84. The van der Waals surface area contributed by atoms with Gasteiger partial charge in [-0.05, 0) is 37.1 Å². The maximum absolute atomic E-state index is 11.7. The molecule has 0 unspecified atom stereocenters. The number of hydrazone groups is 1. The number of amides is 1. The highest BCUT2D eigenvalue weighted by Gasteiger charge is 2.03. The second kappa shape index (κ2) is 8.54. The number of carbonyl (C=O) groups excluding carboxylic acids is 1. The van der Waals surface area contributed by atoms with E-state index in [1.807, 2.05) is 68.5 Å². The molecule has 2 aromatic carbocycles. The zero-order chi connectivity index (χ0) is 16.5. The average molecular weight is 308 g/mol. The van der Waals surface area contributed by atoms with Crippen LogP contribution in [-0.2, 0) is 4.79 Å². The van der Waals surface area contributed by atoms with Gasteiger partial charge < -0.3 is 4.74 Å². The number of benzene rings is 2. The quantitative estimate of drug-likeness (QED) is 0.656. The summed E-state index contributed by atoms with van der Waals surface area (Å²) < 4.78 is 5.48. The fourth-order valence-corrected chi connectivity index (χ4v) is 2.01. The average Bonchev–Trinajstić information content (AvgIpc) is 2.54. The van der Waals surface area contributed by atoms with E-state index >= 15 is 0 Å². The molecule has 0 saturated carbocycles. The van der Waals surface area contributed by atoms with Crippen LogP contribution in [0.4, 0.5) is 0 Å². The summed E-state index contributed by atoms with van der Waals surface area (Å²) >= 11 is 0. The number of nitrogens with one attached hydrogen (secondary N) is 1. The first kappa shape index (κ1) is 16.5. The molecule has 1 N–H and O–H groups in total. The zero-order valence-electron chi connectivity index (χ0n) is 13.3. The van der Waals surface area contributed by atoms with E-state index in [2.05, 4.69) is 10.5 Å². The highest BCUT2D eigenvalue weighted by atomic mass is 16.5. The van der Waals surface area contributed by atoms with Crippen molar-refractivity contribution in [3.8, 4) is 5.75 Å². The molecule has 0 radical (unpaired) electrons. The molecule has 0 aromatic heterocycles. The fraction of sp³-hybridized carbons (Fsp3) is 0.158. The summed E-state index contributed by atoms with van der Waals surface area (Å²) in [5.41, 5.74) is 5.66. The van der Waals surface area contributed by atoms with Crippen molar-refractivity contribution in [3.05, 3.63) is 71.3 Å². The maximum Gasteiger partial charge on any atom is 0.277 e. The maximum atomic E-state index is 11.7. The summed E-state index contributed by atoms with van der Waals surface area (Å²) in [5.74, 6) is 0.410. The number of nitrogens with zero attached hydrogens (tertiary/aromatic N) is 1. The van der Waals surface area contributed by atoms with Crippen LogP contribution in [0.3, 0.4) is 0 Å². The van der Waals surface area contributed by atoms with Crippen molar-refractivity contribution in [3.63, 3.8) is 0 Å². The summed E-state index contributed by atoms with van der Waals surface area (Å²) in [4.78, 5) is 11.7. The Hall–Kier alpha value is -2.88. The van der Waals surface area contributed by atoms with Crippen molar-refractivity contribution < 1.29 is 9.53 Å². The normalized spacial score (nSPS) is 11.0. The monoisotopic (exact) mass is 308 g/mol. The van der Waals surface area contributed by atoms with E-state index in [1.54, 1.807) is 6.08 Å². The lowest BCUT2D eigenvalue weighted by molar-refractivity contribution is -0.123. The molecule has 118 valence electrons. The number of hydrogen-bond acceptors (Lipinski definition) is 3. The van der Waals surface area contributed by atoms with Crippen molar-refractivity contribution in [1.29, 1.82) is 0 Å². The molecule has 23 heavy (non-hydrogen) atoms. The SMILES string of the molecule is Cc1ccc(OCC(=O)N/N=C\C=C\c2ccccc2)c(C)c1. The number of hydrogen-bond donors (Lipinski definition) is 1. The largest absolute Gasteiger partial charge is 0.483 e. The Labute approximate surface area is 136 Å². The third-order valence-electron chi connectivity index (χ3n) is 3.13. The molecule has 1 amide bonds. The van der Waals surface area contributed by atoms with Crippen LogP contribution >= 0.6 is 0 Å². The van der Waals surface area contributed by atoms with Crippen molar-refractivity contribution >= 4 is 18.2 Å². The predicted octanol–water partition coefficient (Wildman–Crippen LogP) is 3.50. The highest BCUT2D eigenvalue weighted by molar-refractivity contribution is 5.81. The first-order valence-corrected chi connectivity index (χ1v) is 7.39. The molecule has 0 fully saturated rings. The highest BCUT2D eigenvalue weighted by Crippen LogP contribution is 2.18. The van der Waals surface area contributed by atoms with E-state index in [9.17, 15) is 4.79 Å². The molecule has 2 aromatic rings. The fourth-order valence-electron chi connectivity index (χ4n) is 2.01. The molecule has 0 saturated heterocycles. The van der Waals surface area contributed by atoms with Gasteiger partial charge in [0.1, 0.15) is 5.75 Å². The minimum Gasteiger partial charge on any atom is -0.483 e. The summed E-state index contributed by atoms with van der Waals surface area (Å²) in [6.45, 7) is 3.90. The number of rotatable bonds is 6. The van der Waals surface area contributed by atoms with Crippen LogP contribution in [0.15, 0.2) is 59.7 Å². The third-order valence-corrected chi connectivity index (χ3v) is 3.13. The van der Waals surface area contributed by atoms with Gasteiger partial charge in [0.25, 0.3) is 5.91 Å². The molecule has 4 nitrogen and oxygen atoms in total. The van der Waals surface area contributed by atoms with E-state index in [-0.39, 0.29) is 12.5 Å². The first-order chi connectivity index (χ1) is 11.1. The molecular formula is C19H20N2O2. The van der Waals surface area contributed by atoms with Crippen LogP contribution in [0.25, 0.3) is 6.08 Å². The Kier molecular flexibility index (Phi) is 6.12. The zero-order valence-corrected chi connectivity index (χ0v) is 13.3. The van der Waals surface area contributed by atoms with Gasteiger partial charge >= 0.3 is 0 Å². The Morgan fingerprint density at radius 1 is 1.17 bits per heavy atom. The van der Waals surface area contributed by atoms with Crippen molar-refractivity contribution in [2.75, 3.05) is 6.61 Å². The number of carbonyl (C=O) groups is 1. The lowest BCUT2D eigenvalue weighted by Gasteiger charge is -2.08. The van der Waals surface area contributed by atoms with Gasteiger partial charge in [-0.25, -0.2) is 5.43 Å². The van der Waals surface area contributed by atoms with Gasteiger partial charge in [-0.3, -0.25) is 4.79 Å². The molecule has 0 bridgehead atoms. The molecule has 0 heterocycles. The second-order valence-electron chi connectivity index (χ2n) is 5.14. The molecule has 0 aliphatic heterocycles. The van der Waals surface area contributed by atoms with Gasteiger partial charge in [0.05, 0.1) is 0 Å². The second-order valence-corrected chi connectivity index (χ2v) is 5.14. The van der Waals surface area contributed by atoms with Crippen LogP contribution in [-0.4, -0.2) is 18.7 Å². The first-order valence-electron chi connectivity index (χ1n) is 7.39. The standard InChI is InChI=1S/C19H20N2O2/c1-15-10-11-18(16(2)13-15)23-14-19(22)21-20-12-6-9-17-7-4-3-5-8-17/h3-13H,14H2,1-2H3,(H,21,22)/b9-6+,20-12-. The molecule has 0 aliphatic rings. The Morgan fingerprint density at radius 3 is 2.70 bits per heavy atom. The molecule has 0 atom stereocenters. The van der Waals surface area contributed by atoms with Gasteiger partial charge in [0.15, 0.2) is 6.61 Å². The van der Waals surface area contributed by atoms with Crippen molar-refractivity contribution in [1.82, 2.24) is 5.43 Å². The summed E-state index contributed by atoms with van der Waals surface area (Å²) in [7, 11) is 0. The van der Waals surface area contributed by atoms with Crippen LogP contribution < -0.4 is 10.2 Å². The molecule has 0 aliphatic carbocycles. The minimum atomic E-state index is -0.297. The Bertz CT molecular complexity index is 707. The topological polar surface area (TPSA) is 50.7 Å². The number of ether oxygens (including phenoxy) is 1. The Balaban J connectivity index is 1.74. The summed E-state index contributed by atoms with van der Waals surface area (Å²) in [6, 6.07) is 15.7. The molecule has 2 rings (SSSR count). The van der Waals surface area contributed by atoms with Crippen LogP contribution in [0, 0.1) is 13.8 Å². The van der Waals surface area contributed by atoms with E-state index in [1.165, 1.54) is 6.21 Å².